The lowest BCUT2D eigenvalue weighted by atomic mass is 9.95. The van der Waals surface area contributed by atoms with Crippen LogP contribution in [0.5, 0.6) is 6.01 Å². The first-order valence-corrected chi connectivity index (χ1v) is 10.9. The Bertz CT molecular complexity index is 1480. The van der Waals surface area contributed by atoms with Crippen LogP contribution in [0.4, 0.5) is 14.6 Å². The lowest BCUT2D eigenvalue weighted by Crippen LogP contribution is -2.46. The fraction of sp³-hybridized carbons (Fsp3) is 0.269. The molecule has 1 N–H and O–H groups in total. The average molecular weight is 460 g/mol. The first-order valence-electron chi connectivity index (χ1n) is 10.9. The highest BCUT2D eigenvalue weighted by atomic mass is 19.1. The molecule has 1 aliphatic rings. The summed E-state index contributed by atoms with van der Waals surface area (Å²) in [6, 6.07) is 8.06. The molecule has 5 rings (SSSR count). The Morgan fingerprint density at radius 1 is 1.21 bits per heavy atom. The van der Waals surface area contributed by atoms with Gasteiger partial charge in [-0.2, -0.15) is 9.97 Å². The van der Waals surface area contributed by atoms with Crippen molar-refractivity contribution in [2.45, 2.75) is 25.4 Å². The molecule has 8 heteroatoms. The van der Waals surface area contributed by atoms with Crippen LogP contribution in [-0.2, 0) is 0 Å². The molecular formula is C26H22F2N4O2. The summed E-state index contributed by atoms with van der Waals surface area (Å²) in [6.45, 7) is 2.74. The Kier molecular flexibility index (Phi) is 5.29. The maximum absolute atomic E-state index is 16.0. The molecule has 2 aromatic heterocycles. The molecule has 172 valence electrons. The molecule has 6 nitrogen and oxygen atoms in total. The molecule has 0 saturated carbocycles. The minimum Gasteiger partial charge on any atom is -0.467 e. The summed E-state index contributed by atoms with van der Waals surface area (Å²) < 4.78 is 35.7. The van der Waals surface area contributed by atoms with Gasteiger partial charge in [0.15, 0.2) is 5.82 Å². The van der Waals surface area contributed by atoms with E-state index >= 15 is 4.39 Å². The number of piperidine rings is 1. The van der Waals surface area contributed by atoms with Gasteiger partial charge in [-0.25, -0.2) is 8.78 Å². The third-order valence-corrected chi connectivity index (χ3v) is 6.19. The van der Waals surface area contributed by atoms with Crippen molar-refractivity contribution in [1.82, 2.24) is 15.0 Å². The average Bonchev–Trinajstić information content (AvgIpc) is 2.83. The fourth-order valence-corrected chi connectivity index (χ4v) is 4.63. The van der Waals surface area contributed by atoms with Crippen molar-refractivity contribution in [2.24, 2.45) is 0 Å². The van der Waals surface area contributed by atoms with Gasteiger partial charge in [0.1, 0.15) is 22.8 Å². The second-order valence-electron chi connectivity index (χ2n) is 8.71. The van der Waals surface area contributed by atoms with Crippen molar-refractivity contribution in [3.8, 4) is 29.6 Å². The van der Waals surface area contributed by atoms with Crippen molar-refractivity contribution in [2.75, 3.05) is 25.1 Å². The number of aliphatic hydroxyl groups is 1. The number of benzene rings is 2. The predicted octanol–water partition coefficient (Wildman–Crippen LogP) is 4.46. The van der Waals surface area contributed by atoms with E-state index in [1.54, 1.807) is 31.2 Å². The summed E-state index contributed by atoms with van der Waals surface area (Å²) in [5.74, 6) is 1.57. The van der Waals surface area contributed by atoms with Crippen LogP contribution in [0.2, 0.25) is 0 Å². The monoisotopic (exact) mass is 460 g/mol. The zero-order chi connectivity index (χ0) is 24.0. The zero-order valence-electron chi connectivity index (χ0n) is 18.8. The molecule has 34 heavy (non-hydrogen) atoms. The molecule has 0 amide bonds. The van der Waals surface area contributed by atoms with Crippen LogP contribution in [0.25, 0.3) is 32.9 Å². The highest BCUT2D eigenvalue weighted by molar-refractivity contribution is 6.02. The van der Waals surface area contributed by atoms with Crippen LogP contribution in [0.15, 0.2) is 36.5 Å². The number of anilines is 1. The van der Waals surface area contributed by atoms with Gasteiger partial charge in [-0.3, -0.25) is 4.98 Å². The fourth-order valence-electron chi connectivity index (χ4n) is 4.63. The number of nitrogens with zero attached hydrogens (tertiary/aromatic N) is 4. The van der Waals surface area contributed by atoms with Gasteiger partial charge < -0.3 is 14.7 Å². The second kappa shape index (κ2) is 8.19. The van der Waals surface area contributed by atoms with Crippen LogP contribution in [-0.4, -0.2) is 45.9 Å². The molecule has 0 bridgehead atoms. The van der Waals surface area contributed by atoms with E-state index in [0.717, 1.165) is 6.42 Å². The number of β-amino-alcohol motifs (C(OH)–C–C–N with tert-alkyl or cyclic N) is 1. The molecule has 2 aromatic carbocycles. The van der Waals surface area contributed by atoms with Gasteiger partial charge >= 0.3 is 6.01 Å². The van der Waals surface area contributed by atoms with Crippen molar-refractivity contribution in [3.63, 3.8) is 0 Å². The number of aromatic nitrogens is 3. The number of hydrogen-bond donors (Lipinski definition) is 1. The van der Waals surface area contributed by atoms with Gasteiger partial charge in [0.2, 0.25) is 0 Å². The Labute approximate surface area is 195 Å². The molecule has 4 aromatic rings. The topological polar surface area (TPSA) is 71.4 Å². The van der Waals surface area contributed by atoms with Crippen LogP contribution >= 0.6 is 0 Å². The van der Waals surface area contributed by atoms with Gasteiger partial charge in [-0.05, 0) is 31.2 Å². The van der Waals surface area contributed by atoms with Crippen LogP contribution in [0, 0.1) is 24.0 Å². The molecule has 1 saturated heterocycles. The Morgan fingerprint density at radius 3 is 2.76 bits per heavy atom. The van der Waals surface area contributed by atoms with E-state index in [1.807, 2.05) is 4.90 Å². The predicted molar refractivity (Wildman–Crippen MR) is 127 cm³/mol. The quantitative estimate of drug-likeness (QED) is 0.455. The van der Waals surface area contributed by atoms with E-state index in [4.69, 9.17) is 11.2 Å². The lowest BCUT2D eigenvalue weighted by Gasteiger charge is -2.37. The van der Waals surface area contributed by atoms with Crippen molar-refractivity contribution < 1.29 is 18.6 Å². The number of pyridine rings is 1. The zero-order valence-corrected chi connectivity index (χ0v) is 18.8. The Morgan fingerprint density at radius 2 is 2.03 bits per heavy atom. The van der Waals surface area contributed by atoms with E-state index < -0.39 is 17.2 Å². The van der Waals surface area contributed by atoms with Crippen LogP contribution < -0.4 is 9.64 Å². The first kappa shape index (κ1) is 22.0. The van der Waals surface area contributed by atoms with Crippen molar-refractivity contribution in [3.05, 3.63) is 53.7 Å². The molecule has 1 fully saturated rings. The summed E-state index contributed by atoms with van der Waals surface area (Å²) in [7, 11) is 1.41. The maximum atomic E-state index is 16.0. The van der Waals surface area contributed by atoms with E-state index in [-0.39, 0.29) is 22.8 Å². The molecule has 1 aliphatic heterocycles. The molecule has 3 heterocycles. The summed E-state index contributed by atoms with van der Waals surface area (Å²) >= 11 is 0. The molecule has 0 radical (unpaired) electrons. The largest absolute Gasteiger partial charge is 0.467 e. The first-order chi connectivity index (χ1) is 16.3. The Hall–Kier alpha value is -3.83. The molecule has 0 unspecified atom stereocenters. The normalized spacial score (nSPS) is 18.3. The number of fused-ring (bicyclic) bond motifs is 2. The summed E-state index contributed by atoms with van der Waals surface area (Å²) in [4.78, 5) is 15.0. The highest BCUT2D eigenvalue weighted by Crippen LogP contribution is 2.37. The third-order valence-electron chi connectivity index (χ3n) is 6.19. The molecule has 0 spiro atoms. The van der Waals surface area contributed by atoms with Gasteiger partial charge in [0.05, 0.1) is 23.7 Å². The van der Waals surface area contributed by atoms with E-state index in [2.05, 4.69) is 20.9 Å². The number of terminal acetylenes is 1. The number of rotatable bonds is 3. The molecule has 0 aliphatic carbocycles. The smallest absolute Gasteiger partial charge is 0.318 e. The minimum absolute atomic E-state index is 0.00227. The highest BCUT2D eigenvalue weighted by Gasteiger charge is 2.31. The standard InChI is InChI=1S/C26H22F2N4O2/c1-4-16-19(27)10-9-15-7-5-8-17(20(15)16)22-21(28)23-18(13-29-22)24(31-25(30-23)34-3)32-12-6-11-26(2,33)14-32/h1,5,7-10,13,33H,6,11-12,14H2,2-3H3/t26-/m1/s1. The number of hydrogen-bond acceptors (Lipinski definition) is 6. The summed E-state index contributed by atoms with van der Waals surface area (Å²) in [6.07, 6.45) is 8.50. The number of methoxy groups -OCH3 is 1. The summed E-state index contributed by atoms with van der Waals surface area (Å²) in [5.41, 5.74) is -0.464. The van der Waals surface area contributed by atoms with E-state index in [1.165, 1.54) is 19.4 Å². The van der Waals surface area contributed by atoms with Crippen molar-refractivity contribution >= 4 is 27.5 Å². The molecule has 1 atom stereocenters. The van der Waals surface area contributed by atoms with E-state index in [0.29, 0.717) is 47.1 Å². The Balaban J connectivity index is 1.76. The maximum Gasteiger partial charge on any atom is 0.318 e. The van der Waals surface area contributed by atoms with Gasteiger partial charge in [-0.15, -0.1) is 6.42 Å². The SMILES string of the molecule is C#Cc1c(F)ccc2cccc(-c3ncc4c(N5CCC[C@@](C)(O)C5)nc(OC)nc4c3F)c12. The number of ether oxygens (including phenoxy) is 1. The third kappa shape index (κ3) is 3.58. The minimum atomic E-state index is -0.896. The number of halogens is 2. The van der Waals surface area contributed by atoms with Gasteiger partial charge in [0, 0.05) is 30.2 Å². The van der Waals surface area contributed by atoms with Gasteiger partial charge in [0.25, 0.3) is 0 Å². The van der Waals surface area contributed by atoms with E-state index in [9.17, 15) is 9.50 Å². The van der Waals surface area contributed by atoms with Crippen LogP contribution in [0.1, 0.15) is 25.3 Å². The lowest BCUT2D eigenvalue weighted by molar-refractivity contribution is 0.0447. The van der Waals surface area contributed by atoms with Gasteiger partial charge in [-0.1, -0.05) is 30.2 Å². The van der Waals surface area contributed by atoms with Crippen molar-refractivity contribution in [1.29, 1.82) is 0 Å². The molecular weight excluding hydrogens is 438 g/mol. The second-order valence-corrected chi connectivity index (χ2v) is 8.71. The summed E-state index contributed by atoms with van der Waals surface area (Å²) in [5, 5.41) is 12.0. The van der Waals surface area contributed by atoms with Crippen LogP contribution in [0.3, 0.4) is 0 Å².